The number of aliphatic hydroxyl groups is 3. The van der Waals surface area contributed by atoms with Gasteiger partial charge in [0.1, 0.15) is 34.8 Å². The van der Waals surface area contributed by atoms with Gasteiger partial charge in [0.15, 0.2) is 11.8 Å². The number of hydrogen-bond acceptors (Lipinski definition) is 11. The van der Waals surface area contributed by atoms with Gasteiger partial charge in [0, 0.05) is 29.7 Å². The molecule has 0 radical (unpaired) electrons. The molecule has 41 heavy (non-hydrogen) atoms. The minimum Gasteiger partial charge on any atom is -0.510 e. The van der Waals surface area contributed by atoms with E-state index in [2.05, 4.69) is 10.2 Å². The third-order valence-electron chi connectivity index (χ3n) is 9.24. The molecule has 1 saturated carbocycles. The fourth-order valence-electron chi connectivity index (χ4n) is 7.21. The van der Waals surface area contributed by atoms with Crippen LogP contribution in [0.15, 0.2) is 23.0 Å². The maximum atomic E-state index is 15.5. The summed E-state index contributed by atoms with van der Waals surface area (Å²) in [7, 11) is 3.15. The number of aromatic hydroxyl groups is 1. The smallest absolute Gasteiger partial charge is 0.254 e. The van der Waals surface area contributed by atoms with Gasteiger partial charge in [-0.1, -0.05) is 0 Å². The van der Waals surface area contributed by atoms with Crippen molar-refractivity contribution >= 4 is 28.8 Å². The maximum Gasteiger partial charge on any atom is 0.254 e. The molecule has 13 heteroatoms. The summed E-state index contributed by atoms with van der Waals surface area (Å²) in [6, 6.07) is 0.0803. The van der Waals surface area contributed by atoms with Crippen LogP contribution in [-0.4, -0.2) is 105 Å². The molecule has 2 unspecified atom stereocenters. The molecule has 3 fully saturated rings. The number of Topliss-reactive ketones (excluding diaryl/α,β-unsaturated/α-hetero) is 1. The van der Waals surface area contributed by atoms with E-state index in [0.29, 0.717) is 6.54 Å². The van der Waals surface area contributed by atoms with Crippen molar-refractivity contribution in [2.75, 3.05) is 39.0 Å². The average molecular weight is 572 g/mol. The summed E-state index contributed by atoms with van der Waals surface area (Å²) >= 11 is 0. The van der Waals surface area contributed by atoms with E-state index in [-0.39, 0.29) is 41.3 Å². The molecule has 2 saturated heterocycles. The van der Waals surface area contributed by atoms with Gasteiger partial charge in [0.25, 0.3) is 5.91 Å². The number of epoxide rings is 1. The van der Waals surface area contributed by atoms with Crippen molar-refractivity contribution in [1.29, 1.82) is 5.41 Å². The lowest BCUT2D eigenvalue weighted by Crippen LogP contribution is -2.67. The van der Waals surface area contributed by atoms with Crippen molar-refractivity contribution in [2.45, 2.75) is 49.7 Å². The van der Waals surface area contributed by atoms with Crippen molar-refractivity contribution in [3.63, 3.8) is 0 Å². The van der Waals surface area contributed by atoms with Crippen LogP contribution in [0.5, 0.6) is 5.75 Å². The summed E-state index contributed by atoms with van der Waals surface area (Å²) in [4.78, 5) is 29.9. The van der Waals surface area contributed by atoms with E-state index in [1.165, 1.54) is 4.90 Å². The molecule has 1 aromatic rings. The summed E-state index contributed by atoms with van der Waals surface area (Å²) in [6.07, 6.45) is 1.55. The monoisotopic (exact) mass is 571 g/mol. The molecule has 0 bridgehead atoms. The Hall–Kier alpha value is -3.52. The number of anilines is 1. The molecule has 3 aliphatic carbocycles. The highest BCUT2D eigenvalue weighted by atomic mass is 19.1. The van der Waals surface area contributed by atoms with E-state index >= 15 is 4.39 Å². The number of hydrogen-bond donors (Lipinski definition) is 7. The number of nitrogens with two attached hydrogens (primary N) is 1. The second kappa shape index (κ2) is 9.51. The summed E-state index contributed by atoms with van der Waals surface area (Å²) in [5, 5.41) is 56.7. The molecule has 1 amide bonds. The Kier molecular flexibility index (Phi) is 6.41. The lowest BCUT2D eigenvalue weighted by molar-refractivity contribution is -0.138. The first kappa shape index (κ1) is 27.6. The first-order valence-corrected chi connectivity index (χ1v) is 13.7. The molecule has 5 aliphatic rings. The number of carbonyl (C=O) groups excluding carboxylic acids is 2. The Bertz CT molecular complexity index is 1430. The zero-order chi connectivity index (χ0) is 29.5. The average Bonchev–Trinajstić information content (AvgIpc) is 3.39. The van der Waals surface area contributed by atoms with Crippen LogP contribution in [0.4, 0.5) is 10.1 Å². The molecular formula is C28H34FN5O7. The van der Waals surface area contributed by atoms with Gasteiger partial charge >= 0.3 is 0 Å². The van der Waals surface area contributed by atoms with Gasteiger partial charge in [-0.25, -0.2) is 4.39 Å². The Morgan fingerprint density at radius 3 is 2.61 bits per heavy atom. The number of ketones is 1. The van der Waals surface area contributed by atoms with Crippen LogP contribution in [0, 0.1) is 23.1 Å². The Morgan fingerprint density at radius 1 is 1.29 bits per heavy atom. The fourth-order valence-corrected chi connectivity index (χ4v) is 7.21. The molecule has 6 atom stereocenters. The van der Waals surface area contributed by atoms with E-state index in [9.17, 15) is 30.0 Å². The molecule has 0 spiro atoms. The number of primary amides is 1. The highest BCUT2D eigenvalue weighted by molar-refractivity contribution is 6.33. The van der Waals surface area contributed by atoms with Gasteiger partial charge in [0.05, 0.1) is 23.0 Å². The molecule has 12 nitrogen and oxygen atoms in total. The summed E-state index contributed by atoms with van der Waals surface area (Å²) in [6.45, 7) is 2.67. The largest absolute Gasteiger partial charge is 0.510 e. The molecule has 8 N–H and O–H groups in total. The molecule has 6 rings (SSSR count). The highest BCUT2D eigenvalue weighted by Crippen LogP contribution is 2.53. The van der Waals surface area contributed by atoms with E-state index in [1.54, 1.807) is 14.1 Å². The molecular weight excluding hydrogens is 537 g/mol. The predicted octanol–water partition coefficient (Wildman–Crippen LogP) is 0.786. The standard InChI is InChI=1S/C28H34FN5O7/c1-33(2)20-13-8-11-7-12-14(29)9-15(32-27-16(41-27)10-34-5-3-4-6-34)21(35)18(12)22(36)17(11)25(38)28(13,40)24(30)19(23(20)37)26(31)39/h9,11,13,16,20,27,30,32,35-37,40H,3-8,10H2,1-2H3,(H2,31,39)/t11-,13-,16?,20-,27?,28+/m0/s1. The number of carbonyl (C=O) groups is 2. The first-order valence-electron chi connectivity index (χ1n) is 13.7. The van der Waals surface area contributed by atoms with Crippen LogP contribution in [-0.2, 0) is 20.7 Å². The second-order valence-electron chi connectivity index (χ2n) is 11.9. The number of phenolic OH excluding ortho intramolecular Hbond substituents is 1. The quantitative estimate of drug-likeness (QED) is 0.189. The van der Waals surface area contributed by atoms with E-state index in [0.717, 1.165) is 32.0 Å². The minimum atomic E-state index is -2.60. The predicted molar refractivity (Wildman–Crippen MR) is 145 cm³/mol. The summed E-state index contributed by atoms with van der Waals surface area (Å²) in [5.41, 5.74) is 0.740. The van der Waals surface area contributed by atoms with Crippen LogP contribution in [0.3, 0.4) is 0 Å². The van der Waals surface area contributed by atoms with Crippen LogP contribution in [0.1, 0.15) is 30.4 Å². The number of likely N-dealkylation sites (N-methyl/N-ethyl adjacent to an activating group) is 1. The lowest BCUT2D eigenvalue weighted by Gasteiger charge is -2.51. The van der Waals surface area contributed by atoms with Crippen molar-refractivity contribution in [1.82, 2.24) is 9.80 Å². The van der Waals surface area contributed by atoms with E-state index in [4.69, 9.17) is 15.9 Å². The number of likely N-dealkylation sites (tertiary alicyclic amines) is 1. The number of amides is 1. The van der Waals surface area contributed by atoms with Crippen molar-refractivity contribution < 1.29 is 39.1 Å². The number of aliphatic hydroxyl groups excluding tert-OH is 2. The van der Waals surface area contributed by atoms with Gasteiger partial charge in [-0.15, -0.1) is 0 Å². The van der Waals surface area contributed by atoms with Gasteiger partial charge < -0.3 is 46.5 Å². The number of ether oxygens (including phenoxy) is 1. The number of rotatable bonds is 6. The van der Waals surface area contributed by atoms with E-state index < -0.39 is 75.8 Å². The Morgan fingerprint density at radius 2 is 1.98 bits per heavy atom. The minimum absolute atomic E-state index is 0.00718. The molecule has 2 heterocycles. The Balaban J connectivity index is 1.37. The van der Waals surface area contributed by atoms with Gasteiger partial charge in [-0.05, 0) is 58.8 Å². The fraction of sp³-hybridized carbons (Fsp3) is 0.536. The lowest BCUT2D eigenvalue weighted by atomic mass is 9.57. The third kappa shape index (κ3) is 4.05. The van der Waals surface area contributed by atoms with Crippen LogP contribution in [0.25, 0.3) is 5.76 Å². The first-order chi connectivity index (χ1) is 19.4. The topological polar surface area (TPSA) is 196 Å². The third-order valence-corrected chi connectivity index (χ3v) is 9.24. The van der Waals surface area contributed by atoms with Gasteiger partial charge in [-0.3, -0.25) is 14.5 Å². The number of phenols is 1. The number of benzene rings is 1. The zero-order valence-electron chi connectivity index (χ0n) is 22.8. The van der Waals surface area contributed by atoms with Crippen molar-refractivity contribution in [2.24, 2.45) is 17.6 Å². The molecule has 2 aliphatic heterocycles. The SMILES string of the molecule is CN(C)[C@@H]1C(O)=C(C(N)=O)C(=N)[C@@]2(O)C(=O)C3=C(O)c4c(O)c(NC5OC5CN5CCCC5)cc(F)c4C[C@H]3C[C@@H]12. The summed E-state index contributed by atoms with van der Waals surface area (Å²) in [5.74, 6) is -6.53. The molecule has 1 aromatic carbocycles. The molecule has 0 aromatic heterocycles. The number of fused-ring (bicyclic) bond motifs is 3. The number of nitrogens with zero attached hydrogens (tertiary/aromatic N) is 2. The second-order valence-corrected chi connectivity index (χ2v) is 11.9. The van der Waals surface area contributed by atoms with Crippen LogP contribution in [0.2, 0.25) is 0 Å². The number of nitrogens with one attached hydrogen (secondary N) is 2. The van der Waals surface area contributed by atoms with Crippen LogP contribution < -0.4 is 11.1 Å². The Labute approximate surface area is 235 Å². The summed E-state index contributed by atoms with van der Waals surface area (Å²) < 4.78 is 21.2. The van der Waals surface area contributed by atoms with Gasteiger partial charge in [0.2, 0.25) is 5.78 Å². The van der Waals surface area contributed by atoms with Gasteiger partial charge in [-0.2, -0.15) is 0 Å². The normalized spacial score (nSPS) is 33.1. The molecule has 220 valence electrons. The van der Waals surface area contributed by atoms with E-state index in [1.807, 2.05) is 0 Å². The van der Waals surface area contributed by atoms with Crippen LogP contribution >= 0.6 is 0 Å². The maximum absolute atomic E-state index is 15.5. The van der Waals surface area contributed by atoms with Crippen molar-refractivity contribution in [3.8, 4) is 5.75 Å². The highest BCUT2D eigenvalue weighted by Gasteiger charge is 2.63. The van der Waals surface area contributed by atoms with Crippen molar-refractivity contribution in [3.05, 3.63) is 39.9 Å². The zero-order valence-corrected chi connectivity index (χ0v) is 22.8. The number of halogens is 1.